The topological polar surface area (TPSA) is 212 Å². The van der Waals surface area contributed by atoms with E-state index in [4.69, 9.17) is 28.4 Å². The molecule has 0 fully saturated rings. The minimum atomic E-state index is -6.05. The lowest BCUT2D eigenvalue weighted by Crippen LogP contribution is -2.54. The number of ether oxygens (including phenoxy) is 6. The van der Waals surface area contributed by atoms with Crippen LogP contribution in [0.2, 0.25) is 0 Å². The first-order valence-electron chi connectivity index (χ1n) is 22.5. The Balaban J connectivity index is 1.52. The van der Waals surface area contributed by atoms with Gasteiger partial charge in [-0.05, 0) is 82.9 Å². The van der Waals surface area contributed by atoms with Crippen LogP contribution in [0.4, 0.5) is 37.7 Å². The van der Waals surface area contributed by atoms with E-state index in [1.54, 1.807) is 46.2 Å². The molecule has 0 heterocycles. The van der Waals surface area contributed by atoms with Gasteiger partial charge in [0, 0.05) is 35.7 Å². The van der Waals surface area contributed by atoms with Crippen LogP contribution in [0.5, 0.6) is 11.5 Å². The van der Waals surface area contributed by atoms with E-state index in [0.29, 0.717) is 59.9 Å². The number of hydrogen-bond donors (Lipinski definition) is 0. The normalized spacial score (nSPS) is 11.5. The van der Waals surface area contributed by atoms with Crippen molar-refractivity contribution in [1.82, 2.24) is 0 Å². The van der Waals surface area contributed by atoms with Crippen LogP contribution in [-0.2, 0) is 53.1 Å². The van der Waals surface area contributed by atoms with Gasteiger partial charge >= 0.3 is 48.2 Å². The van der Waals surface area contributed by atoms with Gasteiger partial charge in [0.05, 0.1) is 26.2 Å². The Hall–Kier alpha value is -9.70. The third kappa shape index (κ3) is 16.7. The lowest BCUT2D eigenvalue weighted by molar-refractivity contribution is -0.288. The van der Waals surface area contributed by atoms with Crippen LogP contribution < -0.4 is 19.3 Å². The number of alkyl halides is 6. The van der Waals surface area contributed by atoms with Crippen molar-refractivity contribution in [3.05, 3.63) is 181 Å². The smallest absolute Gasteiger partial charge is 0.411 e. The fourth-order valence-corrected chi connectivity index (χ4v) is 7.02. The van der Waals surface area contributed by atoms with Gasteiger partial charge in [0.1, 0.15) is 61.2 Å². The quantitative estimate of drug-likeness (QED) is 0.0144. The second-order valence-electron chi connectivity index (χ2n) is 15.6. The van der Waals surface area contributed by atoms with Crippen molar-refractivity contribution in [2.75, 3.05) is 62.4 Å². The summed E-state index contributed by atoms with van der Waals surface area (Å²) in [5.41, 5.74) is -6.94. The van der Waals surface area contributed by atoms with Gasteiger partial charge in [0.15, 0.2) is 0 Å². The number of rotatable bonds is 26. The molecule has 0 spiro atoms. The van der Waals surface area contributed by atoms with Crippen molar-refractivity contribution in [2.45, 2.75) is 17.8 Å². The third-order valence-corrected chi connectivity index (χ3v) is 10.8. The molecule has 0 saturated heterocycles. The minimum absolute atomic E-state index is 0.0664. The van der Waals surface area contributed by atoms with E-state index in [9.17, 15) is 39.3 Å². The molecule has 0 aliphatic rings. The first-order valence-corrected chi connectivity index (χ1v) is 22.5. The molecule has 0 aromatic heterocycles. The number of carbonyl (C=O) groups is 6. The Labute approximate surface area is 437 Å². The van der Waals surface area contributed by atoms with Crippen LogP contribution in [0.3, 0.4) is 0 Å². The summed E-state index contributed by atoms with van der Waals surface area (Å²) in [5, 5.41) is 19.6. The molecule has 22 heteroatoms. The number of hydrogen-bond acceptors (Lipinski definition) is 16. The molecule has 16 nitrogen and oxygen atoms in total. The molecule has 0 bridgehead atoms. The van der Waals surface area contributed by atoms with E-state index in [-0.39, 0.29) is 63.7 Å². The van der Waals surface area contributed by atoms with Crippen LogP contribution in [0.1, 0.15) is 22.3 Å². The van der Waals surface area contributed by atoms with E-state index in [2.05, 4.69) is 26.3 Å². The average Bonchev–Trinajstić information content (AvgIpc) is 3.41. The minimum Gasteiger partial charge on any atom is -0.461 e. The zero-order chi connectivity index (χ0) is 56.8. The van der Waals surface area contributed by atoms with Gasteiger partial charge in [-0.25, -0.2) is 28.8 Å². The first-order chi connectivity index (χ1) is 36.6. The van der Waals surface area contributed by atoms with Gasteiger partial charge in [-0.2, -0.15) is 36.9 Å². The number of benzene rings is 4. The summed E-state index contributed by atoms with van der Waals surface area (Å²) in [6.45, 7) is 13.6. The van der Waals surface area contributed by atoms with Gasteiger partial charge in [0.2, 0.25) is 5.41 Å². The van der Waals surface area contributed by atoms with E-state index in [1.165, 1.54) is 24.3 Å². The second-order valence-corrected chi connectivity index (χ2v) is 15.6. The summed E-state index contributed by atoms with van der Waals surface area (Å²) in [6.07, 6.45) is -5.96. The molecule has 77 heavy (non-hydrogen) atoms. The van der Waals surface area contributed by atoms with Crippen molar-refractivity contribution in [1.29, 1.82) is 10.5 Å². The fourth-order valence-electron chi connectivity index (χ4n) is 7.02. The molecule has 0 saturated carbocycles. The van der Waals surface area contributed by atoms with Crippen molar-refractivity contribution >= 4 is 59.3 Å². The van der Waals surface area contributed by atoms with Gasteiger partial charge in [-0.15, -0.1) is 0 Å². The standard InChI is InChI=1S/C55H46F6N4O12/c1-5-47(66)72-29-25-64(26-30-73-48(67)6-2)43-17-9-37(10-18-43)33-39(35-62)51(70)76-45-21-13-41(14-22-45)53(54(56,57)58,55(59,60)61)42-15-23-46(24-16-42)77-52(71)40(36-63)34-38-11-19-44(20-12-38)65(27-31-74-49(68)7-3)28-32-75-50(69)8-4/h5-24,33-34H,1-4,25-32H2. The maximum Gasteiger partial charge on any atom is 0.411 e. The highest BCUT2D eigenvalue weighted by atomic mass is 19.4. The van der Waals surface area contributed by atoms with E-state index < -0.39 is 87.4 Å². The number of carbonyl (C=O) groups excluding carboxylic acids is 6. The molecule has 4 aromatic rings. The van der Waals surface area contributed by atoms with Crippen molar-refractivity contribution < 1.29 is 83.5 Å². The number of anilines is 2. The largest absolute Gasteiger partial charge is 0.461 e. The molecular weight excluding hydrogens is 1020 g/mol. The van der Waals surface area contributed by atoms with Crippen LogP contribution in [-0.4, -0.2) is 101 Å². The van der Waals surface area contributed by atoms with Gasteiger partial charge < -0.3 is 38.2 Å². The molecule has 4 aromatic carbocycles. The summed E-state index contributed by atoms with van der Waals surface area (Å²) < 4.78 is 121. The maximum atomic E-state index is 15.0. The zero-order valence-corrected chi connectivity index (χ0v) is 40.6. The first kappa shape index (κ1) is 59.9. The Kier molecular flexibility index (Phi) is 21.8. The summed E-state index contributed by atoms with van der Waals surface area (Å²) >= 11 is 0. The molecule has 0 unspecified atom stereocenters. The lowest BCUT2D eigenvalue weighted by Gasteiger charge is -2.38. The highest BCUT2D eigenvalue weighted by Crippen LogP contribution is 2.56. The Bertz CT molecular complexity index is 2700. The third-order valence-electron chi connectivity index (χ3n) is 10.8. The molecule has 0 radical (unpaired) electrons. The number of nitriles is 2. The summed E-state index contributed by atoms with van der Waals surface area (Å²) in [4.78, 5) is 75.7. The maximum absolute atomic E-state index is 15.0. The molecule has 0 amide bonds. The highest BCUT2D eigenvalue weighted by Gasteiger charge is 2.72. The van der Waals surface area contributed by atoms with Gasteiger partial charge in [-0.1, -0.05) is 74.8 Å². The summed E-state index contributed by atoms with van der Waals surface area (Å²) in [7, 11) is 0. The highest BCUT2D eigenvalue weighted by molar-refractivity contribution is 6.00. The van der Waals surface area contributed by atoms with Gasteiger partial charge in [0.25, 0.3) is 0 Å². The number of nitrogens with zero attached hydrogens (tertiary/aromatic N) is 4. The zero-order valence-electron chi connectivity index (χ0n) is 40.6. The van der Waals surface area contributed by atoms with Gasteiger partial charge in [-0.3, -0.25) is 0 Å². The van der Waals surface area contributed by atoms with Crippen LogP contribution in [0.25, 0.3) is 12.2 Å². The predicted molar refractivity (Wildman–Crippen MR) is 266 cm³/mol. The lowest BCUT2D eigenvalue weighted by atomic mass is 9.73. The van der Waals surface area contributed by atoms with E-state index >= 15 is 26.3 Å². The average molecular weight is 1070 g/mol. The molecule has 0 aliphatic carbocycles. The summed E-state index contributed by atoms with van der Waals surface area (Å²) in [5.74, 6) is -6.31. The number of halogens is 6. The molecule has 400 valence electrons. The Morgan fingerprint density at radius 3 is 0.961 bits per heavy atom. The second kappa shape index (κ2) is 28.1. The van der Waals surface area contributed by atoms with E-state index in [0.717, 1.165) is 36.5 Å². The van der Waals surface area contributed by atoms with Crippen LogP contribution >= 0.6 is 0 Å². The van der Waals surface area contributed by atoms with Crippen molar-refractivity contribution in [2.24, 2.45) is 0 Å². The van der Waals surface area contributed by atoms with Crippen LogP contribution in [0, 0.1) is 22.7 Å². The number of esters is 6. The van der Waals surface area contributed by atoms with Crippen molar-refractivity contribution in [3.8, 4) is 23.6 Å². The summed E-state index contributed by atoms with van der Waals surface area (Å²) in [6, 6.07) is 20.0. The van der Waals surface area contributed by atoms with Crippen LogP contribution in [0.15, 0.2) is 159 Å². The Morgan fingerprint density at radius 2 is 0.727 bits per heavy atom. The monoisotopic (exact) mass is 1070 g/mol. The Morgan fingerprint density at radius 1 is 0.455 bits per heavy atom. The molecule has 0 aliphatic heterocycles. The fraction of sp³-hybridized carbons (Fsp3) is 0.200. The molecule has 0 N–H and O–H groups in total. The SMILES string of the molecule is C=CC(=O)OCCN(CCOC(=O)C=C)c1ccc(C=C(C#N)C(=O)Oc2ccc(C(c3ccc(OC(=O)C(C#N)=Cc4ccc(N(CCOC(=O)C=C)CCOC(=O)C=C)cc4)cc3)(C(F)(F)F)C(F)(F)F)cc2)cc1. The van der Waals surface area contributed by atoms with Crippen molar-refractivity contribution in [3.63, 3.8) is 0 Å². The predicted octanol–water partition coefficient (Wildman–Crippen LogP) is 8.65. The molecular formula is C55H46F6N4O12. The van der Waals surface area contributed by atoms with E-state index in [1.807, 2.05) is 0 Å². The molecule has 4 rings (SSSR count). The molecule has 0 atom stereocenters.